The fourth-order valence-electron chi connectivity index (χ4n) is 2.28. The van der Waals surface area contributed by atoms with Crippen molar-refractivity contribution in [3.63, 3.8) is 0 Å². The molecule has 3 aromatic carbocycles. The molecule has 0 amide bonds. The predicted molar refractivity (Wildman–Crippen MR) is 86.5 cm³/mol. The van der Waals surface area contributed by atoms with Gasteiger partial charge in [0.25, 0.3) is 0 Å². The van der Waals surface area contributed by atoms with Gasteiger partial charge in [0.05, 0.1) is 5.41 Å². The summed E-state index contributed by atoms with van der Waals surface area (Å²) in [5.74, 6) is 0.404. The maximum atomic E-state index is 12.1. The largest absolute Gasteiger partial charge is 0.425 e. The van der Waals surface area contributed by atoms with Crippen LogP contribution in [0.1, 0.15) is 20.8 Å². The van der Waals surface area contributed by atoms with Crippen molar-refractivity contribution in [3.8, 4) is 5.75 Å². The highest BCUT2D eigenvalue weighted by atomic mass is 16.5. The topological polar surface area (TPSA) is 26.3 Å². The molecule has 0 radical (unpaired) electrons. The van der Waals surface area contributed by atoms with Crippen molar-refractivity contribution >= 4 is 27.5 Å². The highest BCUT2D eigenvalue weighted by molar-refractivity contribution is 6.01. The number of carbonyl (C=O) groups excluding carboxylic acids is 1. The Morgan fingerprint density at radius 1 is 0.857 bits per heavy atom. The zero-order chi connectivity index (χ0) is 15.0. The molecule has 2 nitrogen and oxygen atoms in total. The zero-order valence-electron chi connectivity index (χ0n) is 12.5. The lowest BCUT2D eigenvalue weighted by Gasteiger charge is -2.17. The number of fused-ring (bicyclic) bond motifs is 2. The zero-order valence-corrected chi connectivity index (χ0v) is 12.5. The Labute approximate surface area is 124 Å². The van der Waals surface area contributed by atoms with Crippen LogP contribution in [0.25, 0.3) is 21.5 Å². The van der Waals surface area contributed by atoms with Crippen molar-refractivity contribution < 1.29 is 9.53 Å². The van der Waals surface area contributed by atoms with E-state index in [-0.39, 0.29) is 5.97 Å². The van der Waals surface area contributed by atoms with Gasteiger partial charge in [0.1, 0.15) is 5.75 Å². The summed E-state index contributed by atoms with van der Waals surface area (Å²) in [4.78, 5) is 12.1. The van der Waals surface area contributed by atoms with E-state index in [9.17, 15) is 4.79 Å². The van der Waals surface area contributed by atoms with Crippen LogP contribution in [-0.4, -0.2) is 5.97 Å². The number of ether oxygens (including phenoxy) is 1. The van der Waals surface area contributed by atoms with E-state index in [2.05, 4.69) is 24.3 Å². The van der Waals surface area contributed by atoms with Crippen LogP contribution >= 0.6 is 0 Å². The molecular formula is C19H18O2. The fourth-order valence-corrected chi connectivity index (χ4v) is 2.28. The van der Waals surface area contributed by atoms with Crippen molar-refractivity contribution in [3.05, 3.63) is 54.6 Å². The van der Waals surface area contributed by atoms with Crippen LogP contribution in [0.4, 0.5) is 0 Å². The first-order valence-electron chi connectivity index (χ1n) is 7.09. The van der Waals surface area contributed by atoms with Gasteiger partial charge in [0.15, 0.2) is 0 Å². The van der Waals surface area contributed by atoms with Gasteiger partial charge >= 0.3 is 5.97 Å². The molecule has 0 aromatic heterocycles. The Kier molecular flexibility index (Phi) is 3.17. The van der Waals surface area contributed by atoms with E-state index in [1.807, 2.05) is 51.1 Å². The molecule has 0 heterocycles. The van der Waals surface area contributed by atoms with Crippen LogP contribution < -0.4 is 4.74 Å². The number of carbonyl (C=O) groups is 1. The molecular weight excluding hydrogens is 260 g/mol. The smallest absolute Gasteiger partial charge is 0.316 e. The second kappa shape index (κ2) is 4.88. The minimum absolute atomic E-state index is 0.219. The van der Waals surface area contributed by atoms with Crippen LogP contribution in [0.5, 0.6) is 5.75 Å². The molecule has 0 saturated heterocycles. The van der Waals surface area contributed by atoms with Gasteiger partial charge in [-0.05, 0) is 55.1 Å². The van der Waals surface area contributed by atoms with Crippen LogP contribution in [0.3, 0.4) is 0 Å². The number of hydrogen-bond donors (Lipinski definition) is 0. The molecule has 3 aromatic rings. The number of benzene rings is 3. The summed E-state index contributed by atoms with van der Waals surface area (Å²) in [7, 11) is 0. The molecule has 0 fully saturated rings. The van der Waals surface area contributed by atoms with Crippen LogP contribution in [-0.2, 0) is 4.79 Å². The molecule has 0 saturated carbocycles. The lowest BCUT2D eigenvalue weighted by atomic mass is 9.97. The lowest BCUT2D eigenvalue weighted by Crippen LogP contribution is -2.25. The van der Waals surface area contributed by atoms with Gasteiger partial charge in [-0.15, -0.1) is 0 Å². The maximum Gasteiger partial charge on any atom is 0.316 e. The Bertz CT molecular complexity index is 826. The van der Waals surface area contributed by atoms with E-state index in [0.717, 1.165) is 16.2 Å². The molecule has 3 rings (SSSR count). The summed E-state index contributed by atoms with van der Waals surface area (Å²) >= 11 is 0. The number of esters is 1. The molecule has 0 aliphatic carbocycles. The molecule has 0 N–H and O–H groups in total. The second-order valence-electron chi connectivity index (χ2n) is 6.32. The summed E-state index contributed by atoms with van der Waals surface area (Å²) in [5.41, 5.74) is -0.515. The van der Waals surface area contributed by atoms with Gasteiger partial charge in [0.2, 0.25) is 0 Å². The lowest BCUT2D eigenvalue weighted by molar-refractivity contribution is -0.142. The van der Waals surface area contributed by atoms with E-state index in [0.29, 0.717) is 5.75 Å². The fraction of sp³-hybridized carbons (Fsp3) is 0.211. The normalized spacial score (nSPS) is 11.8. The minimum Gasteiger partial charge on any atom is -0.425 e. The van der Waals surface area contributed by atoms with Crippen molar-refractivity contribution in [1.29, 1.82) is 0 Å². The van der Waals surface area contributed by atoms with E-state index in [1.165, 1.54) is 5.39 Å². The molecule has 0 unspecified atom stereocenters. The van der Waals surface area contributed by atoms with Crippen molar-refractivity contribution in [2.75, 3.05) is 0 Å². The molecule has 0 spiro atoms. The van der Waals surface area contributed by atoms with Crippen LogP contribution in [0.15, 0.2) is 54.6 Å². The average Bonchev–Trinajstić information content (AvgIpc) is 2.44. The first kappa shape index (κ1) is 13.6. The third-order valence-corrected chi connectivity index (χ3v) is 3.52. The van der Waals surface area contributed by atoms with Crippen LogP contribution in [0, 0.1) is 5.41 Å². The van der Waals surface area contributed by atoms with Crippen molar-refractivity contribution in [2.45, 2.75) is 20.8 Å². The second-order valence-corrected chi connectivity index (χ2v) is 6.32. The van der Waals surface area contributed by atoms with Gasteiger partial charge in [-0.2, -0.15) is 0 Å². The summed E-state index contributed by atoms with van der Waals surface area (Å²) in [6, 6.07) is 18.2. The highest BCUT2D eigenvalue weighted by Gasteiger charge is 2.24. The molecule has 0 aliphatic rings. The van der Waals surface area contributed by atoms with Crippen molar-refractivity contribution in [1.82, 2.24) is 0 Å². The first-order valence-corrected chi connectivity index (χ1v) is 7.09. The predicted octanol–water partition coefficient (Wildman–Crippen LogP) is 4.94. The van der Waals surface area contributed by atoms with Gasteiger partial charge in [-0.1, -0.05) is 36.4 Å². The van der Waals surface area contributed by atoms with Crippen molar-refractivity contribution in [2.24, 2.45) is 5.41 Å². The van der Waals surface area contributed by atoms with Crippen LogP contribution in [0.2, 0.25) is 0 Å². The quantitative estimate of drug-likeness (QED) is 0.358. The summed E-state index contributed by atoms with van der Waals surface area (Å²) in [6.07, 6.45) is 0. The van der Waals surface area contributed by atoms with E-state index in [4.69, 9.17) is 4.74 Å². The molecule has 2 heteroatoms. The standard InChI is InChI=1S/C19H18O2/c1-19(2,3)18(20)21-17-10-6-9-15-11-13-7-4-5-8-14(13)12-16(15)17/h4-12H,1-3H3. The number of hydrogen-bond acceptors (Lipinski definition) is 2. The Balaban J connectivity index is 2.15. The third kappa shape index (κ3) is 2.62. The minimum atomic E-state index is -0.515. The molecule has 106 valence electrons. The van der Waals surface area contributed by atoms with Gasteiger partial charge in [-0.3, -0.25) is 4.79 Å². The highest BCUT2D eigenvalue weighted by Crippen LogP contribution is 2.31. The molecule has 0 aliphatic heterocycles. The third-order valence-electron chi connectivity index (χ3n) is 3.52. The van der Waals surface area contributed by atoms with E-state index < -0.39 is 5.41 Å². The summed E-state index contributed by atoms with van der Waals surface area (Å²) in [6.45, 7) is 5.57. The average molecular weight is 278 g/mol. The first-order chi connectivity index (χ1) is 9.95. The maximum absolute atomic E-state index is 12.1. The van der Waals surface area contributed by atoms with E-state index >= 15 is 0 Å². The van der Waals surface area contributed by atoms with Gasteiger partial charge in [0, 0.05) is 5.39 Å². The Morgan fingerprint density at radius 2 is 1.48 bits per heavy atom. The van der Waals surface area contributed by atoms with Gasteiger partial charge in [-0.25, -0.2) is 0 Å². The molecule has 0 bridgehead atoms. The SMILES string of the molecule is CC(C)(C)C(=O)Oc1cccc2cc3ccccc3cc12. The Hall–Kier alpha value is -2.35. The molecule has 0 atom stereocenters. The van der Waals surface area contributed by atoms with E-state index in [1.54, 1.807) is 0 Å². The Morgan fingerprint density at radius 3 is 2.14 bits per heavy atom. The summed E-state index contributed by atoms with van der Waals surface area (Å²) < 4.78 is 5.60. The molecule has 21 heavy (non-hydrogen) atoms. The van der Waals surface area contributed by atoms with Gasteiger partial charge < -0.3 is 4.74 Å². The number of rotatable bonds is 1. The summed E-state index contributed by atoms with van der Waals surface area (Å²) in [5, 5.41) is 4.37. The monoisotopic (exact) mass is 278 g/mol.